The first kappa shape index (κ1) is 13.1. The molecular formula is C15H20O4. The molecule has 0 spiro atoms. The van der Waals surface area contributed by atoms with Gasteiger partial charge in [0.15, 0.2) is 12.6 Å². The average molecular weight is 264 g/mol. The molecule has 4 heteroatoms. The first-order valence-corrected chi connectivity index (χ1v) is 6.68. The minimum Gasteiger partial charge on any atom is -0.317 e. The van der Waals surface area contributed by atoms with E-state index in [2.05, 4.69) is 26.8 Å². The van der Waals surface area contributed by atoms with Gasteiger partial charge < -0.3 is 9.47 Å². The zero-order chi connectivity index (χ0) is 13.6. The van der Waals surface area contributed by atoms with E-state index in [0.717, 1.165) is 5.56 Å². The molecule has 1 unspecified atom stereocenters. The maximum atomic E-state index is 5.91. The van der Waals surface area contributed by atoms with Crippen molar-refractivity contribution in [3.8, 4) is 0 Å². The van der Waals surface area contributed by atoms with E-state index in [9.17, 15) is 0 Å². The van der Waals surface area contributed by atoms with Crippen LogP contribution in [0.1, 0.15) is 51.0 Å². The van der Waals surface area contributed by atoms with Crippen molar-refractivity contribution in [2.24, 2.45) is 5.41 Å². The molecule has 2 bridgehead atoms. The van der Waals surface area contributed by atoms with Crippen molar-refractivity contribution in [3.63, 3.8) is 0 Å². The van der Waals surface area contributed by atoms with Crippen molar-refractivity contribution in [1.82, 2.24) is 0 Å². The molecule has 104 valence electrons. The second kappa shape index (κ2) is 4.56. The Morgan fingerprint density at radius 1 is 0.947 bits per heavy atom. The van der Waals surface area contributed by atoms with Crippen molar-refractivity contribution in [1.29, 1.82) is 0 Å². The van der Waals surface area contributed by atoms with Gasteiger partial charge in [-0.15, -0.1) is 0 Å². The highest BCUT2D eigenvalue weighted by molar-refractivity contribution is 5.35. The zero-order valence-electron chi connectivity index (χ0n) is 11.8. The molecule has 0 aromatic heterocycles. The van der Waals surface area contributed by atoms with E-state index >= 15 is 0 Å². The molecule has 1 aromatic carbocycles. The van der Waals surface area contributed by atoms with Crippen LogP contribution in [0, 0.1) is 5.41 Å². The molecule has 0 saturated carbocycles. The number of benzene rings is 1. The predicted octanol–water partition coefficient (Wildman–Crippen LogP) is 3.50. The van der Waals surface area contributed by atoms with Gasteiger partial charge in [-0.05, 0) is 17.9 Å². The van der Waals surface area contributed by atoms with Crippen LogP contribution in [0.4, 0.5) is 0 Å². The van der Waals surface area contributed by atoms with E-state index in [1.165, 1.54) is 5.56 Å². The normalized spacial score (nSPS) is 34.5. The number of hydrogen-bond acceptors (Lipinski definition) is 4. The summed E-state index contributed by atoms with van der Waals surface area (Å²) in [5.41, 5.74) is 2.29. The third-order valence-electron chi connectivity index (χ3n) is 3.65. The Kier molecular flexibility index (Phi) is 3.14. The third kappa shape index (κ3) is 2.30. The standard InChI is InChI=1S/C15H20O4/c1-9-16-13-11-8-6-5-7-10(11)12(15(2,3)4)14(17-13)19-18-9/h5-9,12-14H,1-4H3/t9?,12-,13+,14+/m0/s1. The second-order valence-corrected chi connectivity index (χ2v) is 6.21. The lowest BCUT2D eigenvalue weighted by atomic mass is 9.73. The van der Waals surface area contributed by atoms with E-state index in [1.807, 2.05) is 18.2 Å². The fourth-order valence-corrected chi connectivity index (χ4v) is 2.82. The van der Waals surface area contributed by atoms with Crippen LogP contribution < -0.4 is 0 Å². The lowest BCUT2D eigenvalue weighted by Gasteiger charge is -2.41. The van der Waals surface area contributed by atoms with Gasteiger partial charge in [0.1, 0.15) is 0 Å². The van der Waals surface area contributed by atoms with Crippen molar-refractivity contribution >= 4 is 0 Å². The van der Waals surface area contributed by atoms with Gasteiger partial charge >= 0.3 is 0 Å². The van der Waals surface area contributed by atoms with Crippen LogP contribution in [0.3, 0.4) is 0 Å². The Hall–Kier alpha value is -0.940. The van der Waals surface area contributed by atoms with E-state index in [4.69, 9.17) is 19.2 Å². The molecule has 2 aliphatic rings. The first-order valence-electron chi connectivity index (χ1n) is 6.68. The fourth-order valence-electron chi connectivity index (χ4n) is 2.82. The van der Waals surface area contributed by atoms with Gasteiger partial charge in [0.2, 0.25) is 6.29 Å². The van der Waals surface area contributed by atoms with E-state index in [-0.39, 0.29) is 11.3 Å². The van der Waals surface area contributed by atoms with E-state index < -0.39 is 18.9 Å². The molecule has 2 heterocycles. The first-order chi connectivity index (χ1) is 8.97. The van der Waals surface area contributed by atoms with E-state index in [0.29, 0.717) is 0 Å². The smallest absolute Gasteiger partial charge is 0.201 e. The SMILES string of the molecule is CC1OO[C@H]2O[C@@H](O1)c1ccccc1[C@@H]2C(C)(C)C. The van der Waals surface area contributed by atoms with E-state index in [1.54, 1.807) is 6.92 Å². The number of fused-ring (bicyclic) bond motifs is 4. The molecule has 2 aliphatic heterocycles. The van der Waals surface area contributed by atoms with Crippen molar-refractivity contribution in [2.75, 3.05) is 0 Å². The molecule has 0 aliphatic carbocycles. The van der Waals surface area contributed by atoms with Crippen LogP contribution in [-0.4, -0.2) is 12.6 Å². The number of rotatable bonds is 0. The van der Waals surface area contributed by atoms with Crippen LogP contribution in [-0.2, 0) is 19.2 Å². The molecule has 4 atom stereocenters. The minimum atomic E-state index is -0.443. The van der Waals surface area contributed by atoms with Crippen LogP contribution in [0.25, 0.3) is 0 Å². The summed E-state index contributed by atoms with van der Waals surface area (Å²) in [6.45, 7) is 8.34. The molecule has 4 nitrogen and oxygen atoms in total. The van der Waals surface area contributed by atoms with Gasteiger partial charge in [-0.1, -0.05) is 45.0 Å². The molecule has 3 rings (SSSR count). The third-order valence-corrected chi connectivity index (χ3v) is 3.65. The summed E-state index contributed by atoms with van der Waals surface area (Å²) < 4.78 is 11.6. The number of hydrogen-bond donors (Lipinski definition) is 0. The second-order valence-electron chi connectivity index (χ2n) is 6.21. The van der Waals surface area contributed by atoms with Crippen molar-refractivity contribution < 1.29 is 19.2 Å². The maximum absolute atomic E-state index is 5.91. The summed E-state index contributed by atoms with van der Waals surface area (Å²) in [6.07, 6.45) is -1.30. The summed E-state index contributed by atoms with van der Waals surface area (Å²) in [7, 11) is 0. The van der Waals surface area contributed by atoms with Crippen molar-refractivity contribution in [3.05, 3.63) is 35.4 Å². The largest absolute Gasteiger partial charge is 0.317 e. The van der Waals surface area contributed by atoms with Crippen molar-refractivity contribution in [2.45, 2.75) is 52.5 Å². The minimum absolute atomic E-state index is 0.00266. The monoisotopic (exact) mass is 264 g/mol. The predicted molar refractivity (Wildman–Crippen MR) is 69.0 cm³/mol. The lowest BCUT2D eigenvalue weighted by molar-refractivity contribution is -0.402. The quantitative estimate of drug-likeness (QED) is 0.672. The van der Waals surface area contributed by atoms with Gasteiger partial charge in [-0.3, -0.25) is 0 Å². The van der Waals surface area contributed by atoms with Gasteiger partial charge in [0.25, 0.3) is 0 Å². The highest BCUT2D eigenvalue weighted by Crippen LogP contribution is 2.48. The molecule has 1 aromatic rings. The summed E-state index contributed by atoms with van der Waals surface area (Å²) in [5, 5.41) is 0. The summed E-state index contributed by atoms with van der Waals surface area (Å²) in [5.74, 6) is 0.105. The summed E-state index contributed by atoms with van der Waals surface area (Å²) in [4.78, 5) is 10.7. The molecule has 0 N–H and O–H groups in total. The average Bonchev–Trinajstić information content (AvgIpc) is 2.49. The Morgan fingerprint density at radius 2 is 1.63 bits per heavy atom. The lowest BCUT2D eigenvalue weighted by Crippen LogP contribution is -2.38. The molecule has 0 radical (unpaired) electrons. The van der Waals surface area contributed by atoms with Gasteiger partial charge in [0.05, 0.1) is 0 Å². The zero-order valence-corrected chi connectivity index (χ0v) is 11.8. The Bertz CT molecular complexity index is 465. The molecule has 1 saturated heterocycles. The highest BCUT2D eigenvalue weighted by Gasteiger charge is 2.45. The molecule has 1 fully saturated rings. The topological polar surface area (TPSA) is 36.9 Å². The Labute approximate surface area is 113 Å². The van der Waals surface area contributed by atoms with Gasteiger partial charge in [-0.2, -0.15) is 0 Å². The van der Waals surface area contributed by atoms with Crippen LogP contribution in [0.15, 0.2) is 24.3 Å². The highest BCUT2D eigenvalue weighted by atomic mass is 17.3. The summed E-state index contributed by atoms with van der Waals surface area (Å²) >= 11 is 0. The van der Waals surface area contributed by atoms with Crippen LogP contribution in [0.5, 0.6) is 0 Å². The van der Waals surface area contributed by atoms with Crippen LogP contribution >= 0.6 is 0 Å². The number of ether oxygens (including phenoxy) is 2. The molecular weight excluding hydrogens is 244 g/mol. The van der Waals surface area contributed by atoms with Gasteiger partial charge in [0, 0.05) is 11.5 Å². The maximum Gasteiger partial charge on any atom is 0.201 e. The Balaban J connectivity index is 2.09. The summed E-state index contributed by atoms with van der Waals surface area (Å²) in [6, 6.07) is 8.21. The van der Waals surface area contributed by atoms with Gasteiger partial charge in [-0.25, -0.2) is 9.78 Å². The molecule has 0 amide bonds. The fraction of sp³-hybridized carbons (Fsp3) is 0.600. The molecule has 19 heavy (non-hydrogen) atoms. The Morgan fingerprint density at radius 3 is 2.32 bits per heavy atom. The van der Waals surface area contributed by atoms with Crippen LogP contribution in [0.2, 0.25) is 0 Å².